The fourth-order valence-electron chi connectivity index (χ4n) is 1.14. The highest BCUT2D eigenvalue weighted by atomic mass is 79.9. The summed E-state index contributed by atoms with van der Waals surface area (Å²) >= 11 is 3.24. The molecule has 1 aromatic heterocycles. The van der Waals surface area contributed by atoms with Crippen LogP contribution in [0.1, 0.15) is 11.7 Å². The van der Waals surface area contributed by atoms with Crippen LogP contribution in [0.4, 0.5) is 10.2 Å². The second kappa shape index (κ2) is 2.44. The maximum absolute atomic E-state index is 13.0. The zero-order chi connectivity index (χ0) is 7.84. The minimum Gasteiger partial charge on any atom is -0.366 e. The smallest absolute Gasteiger partial charge is 0.146 e. The van der Waals surface area contributed by atoms with E-state index in [1.807, 2.05) is 0 Å². The first-order valence-electron chi connectivity index (χ1n) is 3.31. The van der Waals surface area contributed by atoms with Crippen molar-refractivity contribution in [3.8, 4) is 0 Å². The Morgan fingerprint density at radius 3 is 3.36 bits per heavy atom. The van der Waals surface area contributed by atoms with Gasteiger partial charge in [0.1, 0.15) is 12.0 Å². The highest BCUT2D eigenvalue weighted by Crippen LogP contribution is 2.31. The first-order valence-corrected chi connectivity index (χ1v) is 4.10. The Balaban J connectivity index is 2.52. The molecule has 1 aromatic rings. The van der Waals surface area contributed by atoms with Crippen LogP contribution in [-0.4, -0.2) is 11.5 Å². The normalized spacial score (nSPS) is 21.1. The summed E-state index contributed by atoms with van der Waals surface area (Å²) in [7, 11) is 0. The van der Waals surface area contributed by atoms with Gasteiger partial charge in [-0.15, -0.1) is 0 Å². The van der Waals surface area contributed by atoms with Gasteiger partial charge in [-0.1, -0.05) is 0 Å². The zero-order valence-corrected chi connectivity index (χ0v) is 7.23. The largest absolute Gasteiger partial charge is 0.366 e. The summed E-state index contributed by atoms with van der Waals surface area (Å²) in [6, 6.07) is 1.76. The van der Waals surface area contributed by atoms with E-state index in [-0.39, 0.29) is 0 Å². The molecule has 1 atom stereocenters. The third kappa shape index (κ3) is 1.11. The van der Waals surface area contributed by atoms with Gasteiger partial charge in [0.25, 0.3) is 0 Å². The molecule has 0 saturated heterocycles. The Labute approximate surface area is 72.0 Å². The molecule has 0 fully saturated rings. The number of rotatable bonds is 0. The Morgan fingerprint density at radius 2 is 2.55 bits per heavy atom. The number of anilines is 1. The van der Waals surface area contributed by atoms with Crippen LogP contribution in [0, 0.1) is 0 Å². The molecule has 2 nitrogen and oxygen atoms in total. The third-order valence-electron chi connectivity index (χ3n) is 1.67. The number of halogens is 2. The maximum atomic E-state index is 13.0. The van der Waals surface area contributed by atoms with Crippen LogP contribution in [0.5, 0.6) is 0 Å². The number of pyridine rings is 1. The van der Waals surface area contributed by atoms with E-state index >= 15 is 0 Å². The van der Waals surface area contributed by atoms with Crippen molar-refractivity contribution in [3.63, 3.8) is 0 Å². The van der Waals surface area contributed by atoms with Gasteiger partial charge < -0.3 is 5.32 Å². The summed E-state index contributed by atoms with van der Waals surface area (Å²) in [5, 5.41) is 2.87. The maximum Gasteiger partial charge on any atom is 0.146 e. The van der Waals surface area contributed by atoms with Gasteiger partial charge in [0.2, 0.25) is 0 Å². The number of aromatic nitrogens is 1. The van der Waals surface area contributed by atoms with Gasteiger partial charge in [0.15, 0.2) is 0 Å². The van der Waals surface area contributed by atoms with Crippen molar-refractivity contribution in [3.05, 3.63) is 22.3 Å². The Morgan fingerprint density at radius 1 is 1.73 bits per heavy atom. The molecule has 4 heteroatoms. The van der Waals surface area contributed by atoms with Crippen molar-refractivity contribution < 1.29 is 4.39 Å². The first kappa shape index (κ1) is 7.03. The molecule has 0 spiro atoms. The molecule has 0 saturated carbocycles. The number of hydrogen-bond donors (Lipinski definition) is 1. The minimum atomic E-state index is -0.907. The number of nitrogens with one attached hydrogen (secondary N) is 1. The summed E-state index contributed by atoms with van der Waals surface area (Å²) < 4.78 is 13.8. The average Bonchev–Trinajstić information content (AvgIpc) is 2.33. The van der Waals surface area contributed by atoms with Crippen LogP contribution in [0.3, 0.4) is 0 Å². The number of fused-ring (bicyclic) bond motifs is 1. The van der Waals surface area contributed by atoms with E-state index in [0.29, 0.717) is 17.9 Å². The molecule has 0 radical (unpaired) electrons. The molecule has 0 aliphatic carbocycles. The number of nitrogens with zero attached hydrogens (tertiary/aromatic N) is 1. The third-order valence-corrected chi connectivity index (χ3v) is 2.10. The van der Waals surface area contributed by atoms with Gasteiger partial charge in [-0.3, -0.25) is 0 Å². The van der Waals surface area contributed by atoms with Gasteiger partial charge in [-0.05, 0) is 22.0 Å². The van der Waals surface area contributed by atoms with Crippen molar-refractivity contribution in [2.75, 3.05) is 11.9 Å². The standard InChI is InChI=1S/C7H6BrFN2/c8-4-1-5-6(9)3-11-7(5)10-2-4/h1-2,6H,3H2,(H,10,11). The van der Waals surface area contributed by atoms with Crippen molar-refractivity contribution >= 4 is 21.7 Å². The van der Waals surface area contributed by atoms with Crippen LogP contribution in [0.2, 0.25) is 0 Å². The summed E-state index contributed by atoms with van der Waals surface area (Å²) in [6.07, 6.45) is 0.749. The summed E-state index contributed by atoms with van der Waals surface area (Å²) in [5.41, 5.74) is 0.652. The molecule has 1 aliphatic rings. The van der Waals surface area contributed by atoms with E-state index in [4.69, 9.17) is 0 Å². The van der Waals surface area contributed by atoms with Crippen molar-refractivity contribution in [2.24, 2.45) is 0 Å². The van der Waals surface area contributed by atoms with Crippen LogP contribution in [-0.2, 0) is 0 Å². The SMILES string of the molecule is FC1CNc2ncc(Br)cc21. The highest BCUT2D eigenvalue weighted by Gasteiger charge is 2.22. The monoisotopic (exact) mass is 216 g/mol. The lowest BCUT2D eigenvalue weighted by Crippen LogP contribution is -1.95. The predicted molar refractivity (Wildman–Crippen MR) is 44.3 cm³/mol. The molecule has 0 bridgehead atoms. The predicted octanol–water partition coefficient (Wildman–Crippen LogP) is 2.28. The van der Waals surface area contributed by atoms with E-state index < -0.39 is 6.17 Å². The van der Waals surface area contributed by atoms with Gasteiger partial charge in [0.05, 0.1) is 6.54 Å². The quantitative estimate of drug-likeness (QED) is 0.720. The second-order valence-electron chi connectivity index (χ2n) is 2.44. The summed E-state index contributed by atoms with van der Waals surface area (Å²) in [6.45, 7) is 0.346. The Bertz CT molecular complexity index is 290. The summed E-state index contributed by atoms with van der Waals surface area (Å²) in [4.78, 5) is 4.01. The van der Waals surface area contributed by atoms with E-state index in [9.17, 15) is 4.39 Å². The topological polar surface area (TPSA) is 24.9 Å². The summed E-state index contributed by atoms with van der Waals surface area (Å²) in [5.74, 6) is 0.667. The van der Waals surface area contributed by atoms with Gasteiger partial charge in [-0.25, -0.2) is 9.37 Å². The average molecular weight is 217 g/mol. The van der Waals surface area contributed by atoms with Crippen LogP contribution >= 0.6 is 15.9 Å². The van der Waals surface area contributed by atoms with E-state index in [0.717, 1.165) is 4.47 Å². The molecule has 58 valence electrons. The molecular formula is C7H6BrFN2. The lowest BCUT2D eigenvalue weighted by molar-refractivity contribution is 0.373. The van der Waals surface area contributed by atoms with Gasteiger partial charge >= 0.3 is 0 Å². The van der Waals surface area contributed by atoms with Crippen LogP contribution in [0.15, 0.2) is 16.7 Å². The molecule has 1 unspecified atom stereocenters. The van der Waals surface area contributed by atoms with Crippen molar-refractivity contribution in [1.29, 1.82) is 0 Å². The fraction of sp³-hybridized carbons (Fsp3) is 0.286. The van der Waals surface area contributed by atoms with E-state index in [2.05, 4.69) is 26.2 Å². The second-order valence-corrected chi connectivity index (χ2v) is 3.36. The number of alkyl halides is 1. The molecular weight excluding hydrogens is 211 g/mol. The van der Waals surface area contributed by atoms with Gasteiger partial charge in [-0.2, -0.15) is 0 Å². The first-order chi connectivity index (χ1) is 5.27. The molecule has 0 amide bonds. The van der Waals surface area contributed by atoms with Crippen molar-refractivity contribution in [1.82, 2.24) is 4.98 Å². The lowest BCUT2D eigenvalue weighted by atomic mass is 10.2. The van der Waals surface area contributed by atoms with Crippen molar-refractivity contribution in [2.45, 2.75) is 6.17 Å². The molecule has 11 heavy (non-hydrogen) atoms. The minimum absolute atomic E-state index is 0.346. The molecule has 0 aromatic carbocycles. The molecule has 2 heterocycles. The molecule has 2 rings (SSSR count). The number of hydrogen-bond acceptors (Lipinski definition) is 2. The lowest BCUT2D eigenvalue weighted by Gasteiger charge is -1.98. The van der Waals surface area contributed by atoms with Crippen LogP contribution < -0.4 is 5.32 Å². The Hall–Kier alpha value is -0.640. The molecule has 1 aliphatic heterocycles. The fourth-order valence-corrected chi connectivity index (χ4v) is 1.49. The highest BCUT2D eigenvalue weighted by molar-refractivity contribution is 9.10. The van der Waals surface area contributed by atoms with Gasteiger partial charge in [0, 0.05) is 16.2 Å². The Kier molecular flexibility index (Phi) is 1.56. The zero-order valence-electron chi connectivity index (χ0n) is 5.64. The van der Waals surface area contributed by atoms with E-state index in [1.54, 1.807) is 12.3 Å². The van der Waals surface area contributed by atoms with Crippen LogP contribution in [0.25, 0.3) is 0 Å². The van der Waals surface area contributed by atoms with E-state index in [1.165, 1.54) is 0 Å². The molecule has 1 N–H and O–H groups in total.